The number of rotatable bonds is 7. The minimum atomic E-state index is -0.209. The molecule has 0 saturated carbocycles. The standard InChI is InChI=1S/C21H32N4O2/c22-21(27)18-5-3-13-25(15-18)14-17-4-1-2-6-19(17)24-20(26)8-7-16-9-11-23-12-10-16/h1-2,4,6,16,18,23H,3,5,7-15H2,(H2,22,27)(H,24,26). The molecule has 1 unspecified atom stereocenters. The van der Waals surface area contributed by atoms with Gasteiger partial charge in [-0.05, 0) is 69.3 Å². The topological polar surface area (TPSA) is 87.5 Å². The Morgan fingerprint density at radius 3 is 2.74 bits per heavy atom. The molecule has 0 spiro atoms. The molecule has 27 heavy (non-hydrogen) atoms. The lowest BCUT2D eigenvalue weighted by Gasteiger charge is -2.31. The van der Waals surface area contributed by atoms with Crippen molar-refractivity contribution in [3.05, 3.63) is 29.8 Å². The van der Waals surface area contributed by atoms with E-state index in [0.717, 1.165) is 56.7 Å². The fraction of sp³-hybridized carbons (Fsp3) is 0.619. The Hall–Kier alpha value is -1.92. The largest absolute Gasteiger partial charge is 0.369 e. The summed E-state index contributed by atoms with van der Waals surface area (Å²) in [6.45, 7) is 4.53. The fourth-order valence-corrected chi connectivity index (χ4v) is 4.17. The Labute approximate surface area is 161 Å². The minimum Gasteiger partial charge on any atom is -0.369 e. The number of benzene rings is 1. The van der Waals surface area contributed by atoms with Crippen LogP contribution in [-0.4, -0.2) is 42.9 Å². The van der Waals surface area contributed by atoms with Crippen LogP contribution in [0, 0.1) is 11.8 Å². The second-order valence-electron chi connectivity index (χ2n) is 7.91. The van der Waals surface area contributed by atoms with Crippen LogP contribution in [0.1, 0.15) is 44.1 Å². The first-order valence-corrected chi connectivity index (χ1v) is 10.2. The van der Waals surface area contributed by atoms with E-state index in [2.05, 4.69) is 21.6 Å². The van der Waals surface area contributed by atoms with Crippen molar-refractivity contribution >= 4 is 17.5 Å². The van der Waals surface area contributed by atoms with E-state index in [1.165, 1.54) is 12.8 Å². The lowest BCUT2D eigenvalue weighted by Crippen LogP contribution is -2.40. The van der Waals surface area contributed by atoms with Gasteiger partial charge in [0.25, 0.3) is 0 Å². The summed E-state index contributed by atoms with van der Waals surface area (Å²) in [5.74, 6) is 0.477. The van der Waals surface area contributed by atoms with Gasteiger partial charge in [-0.1, -0.05) is 18.2 Å². The summed E-state index contributed by atoms with van der Waals surface area (Å²) in [5, 5.41) is 6.47. The molecular formula is C21H32N4O2. The van der Waals surface area contributed by atoms with Gasteiger partial charge in [-0.2, -0.15) is 0 Å². The molecule has 2 fully saturated rings. The van der Waals surface area contributed by atoms with Crippen LogP contribution >= 0.6 is 0 Å². The second-order valence-corrected chi connectivity index (χ2v) is 7.91. The predicted molar refractivity (Wildman–Crippen MR) is 107 cm³/mol. The molecule has 148 valence electrons. The average Bonchev–Trinajstić information content (AvgIpc) is 2.69. The first-order chi connectivity index (χ1) is 13.1. The third-order valence-corrected chi connectivity index (χ3v) is 5.83. The first-order valence-electron chi connectivity index (χ1n) is 10.2. The van der Waals surface area contributed by atoms with Crippen molar-refractivity contribution in [1.29, 1.82) is 0 Å². The molecule has 6 heteroatoms. The van der Waals surface area contributed by atoms with E-state index in [1.54, 1.807) is 0 Å². The SMILES string of the molecule is NC(=O)C1CCCN(Cc2ccccc2NC(=O)CCC2CCNCC2)C1. The highest BCUT2D eigenvalue weighted by Crippen LogP contribution is 2.23. The fourth-order valence-electron chi connectivity index (χ4n) is 4.17. The Kier molecular flexibility index (Phi) is 7.24. The van der Waals surface area contributed by atoms with Gasteiger partial charge in [0.15, 0.2) is 0 Å². The molecule has 1 atom stereocenters. The maximum Gasteiger partial charge on any atom is 0.224 e. The highest BCUT2D eigenvalue weighted by atomic mass is 16.2. The van der Waals surface area contributed by atoms with E-state index in [9.17, 15) is 9.59 Å². The zero-order chi connectivity index (χ0) is 19.1. The summed E-state index contributed by atoms with van der Waals surface area (Å²) in [4.78, 5) is 26.2. The number of nitrogens with zero attached hydrogens (tertiary/aromatic N) is 1. The van der Waals surface area contributed by atoms with Crippen LogP contribution in [-0.2, 0) is 16.1 Å². The number of likely N-dealkylation sites (tertiary alicyclic amines) is 1. The molecule has 1 aromatic rings. The van der Waals surface area contributed by atoms with E-state index in [0.29, 0.717) is 18.9 Å². The van der Waals surface area contributed by atoms with Gasteiger partial charge in [-0.3, -0.25) is 14.5 Å². The van der Waals surface area contributed by atoms with E-state index >= 15 is 0 Å². The summed E-state index contributed by atoms with van der Waals surface area (Å²) in [6, 6.07) is 7.97. The molecule has 0 bridgehead atoms. The summed E-state index contributed by atoms with van der Waals surface area (Å²) in [7, 11) is 0. The molecule has 2 heterocycles. The van der Waals surface area contributed by atoms with Crippen molar-refractivity contribution in [3.63, 3.8) is 0 Å². The Morgan fingerprint density at radius 1 is 1.19 bits per heavy atom. The molecule has 2 saturated heterocycles. The monoisotopic (exact) mass is 372 g/mol. The number of carbonyl (C=O) groups excluding carboxylic acids is 2. The number of hydrogen-bond acceptors (Lipinski definition) is 4. The van der Waals surface area contributed by atoms with Crippen molar-refractivity contribution in [1.82, 2.24) is 10.2 Å². The van der Waals surface area contributed by atoms with Crippen molar-refractivity contribution in [2.45, 2.75) is 45.1 Å². The maximum atomic E-state index is 12.4. The van der Waals surface area contributed by atoms with Crippen LogP contribution in [0.4, 0.5) is 5.69 Å². The summed E-state index contributed by atoms with van der Waals surface area (Å²) < 4.78 is 0. The van der Waals surface area contributed by atoms with Gasteiger partial charge < -0.3 is 16.4 Å². The van der Waals surface area contributed by atoms with Crippen molar-refractivity contribution in [2.75, 3.05) is 31.5 Å². The maximum absolute atomic E-state index is 12.4. The molecule has 1 aromatic carbocycles. The van der Waals surface area contributed by atoms with E-state index in [-0.39, 0.29) is 17.7 Å². The normalized spacial score (nSPS) is 21.7. The number of nitrogens with one attached hydrogen (secondary N) is 2. The van der Waals surface area contributed by atoms with Crippen LogP contribution in [0.2, 0.25) is 0 Å². The van der Waals surface area contributed by atoms with E-state index in [1.807, 2.05) is 18.2 Å². The number of primary amides is 1. The van der Waals surface area contributed by atoms with E-state index in [4.69, 9.17) is 5.73 Å². The van der Waals surface area contributed by atoms with Crippen LogP contribution in [0.15, 0.2) is 24.3 Å². The molecule has 0 radical (unpaired) electrons. The van der Waals surface area contributed by atoms with Crippen molar-refractivity contribution in [3.8, 4) is 0 Å². The molecule has 2 amide bonds. The molecular weight excluding hydrogens is 340 g/mol. The zero-order valence-electron chi connectivity index (χ0n) is 16.1. The summed E-state index contributed by atoms with van der Waals surface area (Å²) in [6.07, 6.45) is 5.73. The molecule has 0 aromatic heterocycles. The number of carbonyl (C=O) groups is 2. The second kappa shape index (κ2) is 9.85. The van der Waals surface area contributed by atoms with Crippen LogP contribution in [0.25, 0.3) is 0 Å². The Bertz CT molecular complexity index is 643. The number of hydrogen-bond donors (Lipinski definition) is 3. The summed E-state index contributed by atoms with van der Waals surface area (Å²) in [5.41, 5.74) is 7.47. The third kappa shape index (κ3) is 6.04. The average molecular weight is 373 g/mol. The lowest BCUT2D eigenvalue weighted by molar-refractivity contribution is -0.123. The van der Waals surface area contributed by atoms with Crippen LogP contribution in [0.3, 0.4) is 0 Å². The van der Waals surface area contributed by atoms with Gasteiger partial charge in [-0.25, -0.2) is 0 Å². The highest BCUT2D eigenvalue weighted by molar-refractivity contribution is 5.91. The molecule has 6 nitrogen and oxygen atoms in total. The number of para-hydroxylation sites is 1. The predicted octanol–water partition coefficient (Wildman–Crippen LogP) is 2.10. The Balaban J connectivity index is 1.53. The van der Waals surface area contributed by atoms with E-state index < -0.39 is 0 Å². The molecule has 2 aliphatic heterocycles. The van der Waals surface area contributed by atoms with Gasteiger partial charge in [-0.15, -0.1) is 0 Å². The Morgan fingerprint density at radius 2 is 1.96 bits per heavy atom. The molecule has 2 aliphatic rings. The molecule has 3 rings (SSSR count). The number of nitrogens with two attached hydrogens (primary N) is 1. The highest BCUT2D eigenvalue weighted by Gasteiger charge is 2.24. The number of amides is 2. The lowest BCUT2D eigenvalue weighted by atomic mass is 9.93. The number of piperidine rings is 2. The van der Waals surface area contributed by atoms with Crippen LogP contribution < -0.4 is 16.4 Å². The van der Waals surface area contributed by atoms with Gasteiger partial charge in [0, 0.05) is 25.2 Å². The third-order valence-electron chi connectivity index (χ3n) is 5.83. The van der Waals surface area contributed by atoms with Gasteiger partial charge >= 0.3 is 0 Å². The van der Waals surface area contributed by atoms with Gasteiger partial charge in [0.2, 0.25) is 11.8 Å². The quantitative estimate of drug-likeness (QED) is 0.684. The molecule has 4 N–H and O–H groups in total. The minimum absolute atomic E-state index is 0.0644. The van der Waals surface area contributed by atoms with Crippen molar-refractivity contribution < 1.29 is 9.59 Å². The van der Waals surface area contributed by atoms with Gasteiger partial charge in [0.1, 0.15) is 0 Å². The summed E-state index contributed by atoms with van der Waals surface area (Å²) >= 11 is 0. The number of anilines is 1. The first kappa shape index (κ1) is 19.8. The van der Waals surface area contributed by atoms with Crippen LogP contribution in [0.5, 0.6) is 0 Å². The smallest absolute Gasteiger partial charge is 0.224 e. The van der Waals surface area contributed by atoms with Gasteiger partial charge in [0.05, 0.1) is 5.92 Å². The van der Waals surface area contributed by atoms with Crippen molar-refractivity contribution in [2.24, 2.45) is 17.6 Å². The zero-order valence-corrected chi connectivity index (χ0v) is 16.1. The molecule has 0 aliphatic carbocycles.